The quantitative estimate of drug-likeness (QED) is 0.754. The lowest BCUT2D eigenvalue weighted by atomic mass is 10.1. The van der Waals surface area contributed by atoms with Crippen molar-refractivity contribution in [2.24, 2.45) is 0 Å². The highest BCUT2D eigenvalue weighted by molar-refractivity contribution is 6.31. The molecule has 76 valence electrons. The van der Waals surface area contributed by atoms with E-state index >= 15 is 0 Å². The van der Waals surface area contributed by atoms with Gasteiger partial charge in [-0.25, -0.2) is 0 Å². The van der Waals surface area contributed by atoms with Gasteiger partial charge in [0.15, 0.2) is 0 Å². The molecule has 0 unspecified atom stereocenters. The number of nitrogen functional groups attached to an aromatic ring is 1. The molecule has 0 saturated heterocycles. The fraction of sp³-hybridized carbons (Fsp3) is 0.300. The molecule has 3 nitrogen and oxygen atoms in total. The molecule has 0 aliphatic carbocycles. The first kappa shape index (κ1) is 10.9. The van der Waals surface area contributed by atoms with Crippen molar-refractivity contribution in [2.45, 2.75) is 13.3 Å². The molecule has 0 fully saturated rings. The number of hydrogen-bond acceptors (Lipinski definition) is 2. The maximum Gasteiger partial charge on any atom is 0.253 e. The summed E-state index contributed by atoms with van der Waals surface area (Å²) >= 11 is 5.76. The summed E-state index contributed by atoms with van der Waals surface area (Å²) in [5, 5.41) is 3.25. The Labute approximate surface area is 88.2 Å². The minimum absolute atomic E-state index is 0.174. The van der Waals surface area contributed by atoms with Crippen LogP contribution in [0.4, 0.5) is 5.69 Å². The predicted molar refractivity (Wildman–Crippen MR) is 58.5 cm³/mol. The van der Waals surface area contributed by atoms with E-state index in [-0.39, 0.29) is 5.91 Å². The summed E-state index contributed by atoms with van der Waals surface area (Å²) in [4.78, 5) is 11.5. The number of nitrogens with one attached hydrogen (secondary N) is 1. The molecule has 0 spiro atoms. The van der Waals surface area contributed by atoms with Gasteiger partial charge in [-0.2, -0.15) is 0 Å². The van der Waals surface area contributed by atoms with Gasteiger partial charge in [0, 0.05) is 17.3 Å². The fourth-order valence-corrected chi connectivity index (χ4v) is 1.23. The molecule has 1 amide bonds. The summed E-state index contributed by atoms with van der Waals surface area (Å²) in [5.74, 6) is -0.174. The molecule has 0 heterocycles. The molecule has 0 saturated carbocycles. The average Bonchev–Trinajstić information content (AvgIpc) is 2.18. The number of benzene rings is 1. The number of amides is 1. The van der Waals surface area contributed by atoms with Gasteiger partial charge in [0.2, 0.25) is 0 Å². The molecule has 0 atom stereocenters. The van der Waals surface area contributed by atoms with Gasteiger partial charge in [-0.3, -0.25) is 4.79 Å². The molecule has 0 aliphatic heterocycles. The molecule has 4 heteroatoms. The van der Waals surface area contributed by atoms with Crippen LogP contribution >= 0.6 is 11.6 Å². The van der Waals surface area contributed by atoms with Gasteiger partial charge >= 0.3 is 0 Å². The van der Waals surface area contributed by atoms with Crippen LogP contribution in [0, 0.1) is 0 Å². The number of anilines is 1. The van der Waals surface area contributed by atoms with Crippen molar-refractivity contribution in [3.63, 3.8) is 0 Å². The predicted octanol–water partition coefficient (Wildman–Crippen LogP) is 2.06. The van der Waals surface area contributed by atoms with Crippen molar-refractivity contribution in [3.8, 4) is 0 Å². The monoisotopic (exact) mass is 212 g/mol. The highest BCUT2D eigenvalue weighted by Crippen LogP contribution is 2.17. The Morgan fingerprint density at radius 1 is 1.57 bits per heavy atom. The van der Waals surface area contributed by atoms with Gasteiger partial charge in [0.1, 0.15) is 0 Å². The number of halogens is 1. The van der Waals surface area contributed by atoms with E-state index in [1.54, 1.807) is 18.2 Å². The van der Waals surface area contributed by atoms with E-state index in [0.717, 1.165) is 6.42 Å². The molecule has 0 radical (unpaired) electrons. The van der Waals surface area contributed by atoms with Crippen LogP contribution in [0.3, 0.4) is 0 Å². The Morgan fingerprint density at radius 2 is 2.29 bits per heavy atom. The first-order valence-corrected chi connectivity index (χ1v) is 4.86. The average molecular weight is 213 g/mol. The van der Waals surface area contributed by atoms with Gasteiger partial charge in [0.05, 0.1) is 5.56 Å². The highest BCUT2D eigenvalue weighted by atomic mass is 35.5. The van der Waals surface area contributed by atoms with Crippen molar-refractivity contribution in [1.29, 1.82) is 0 Å². The van der Waals surface area contributed by atoms with Crippen LogP contribution in [0.25, 0.3) is 0 Å². The number of hydrogen-bond donors (Lipinski definition) is 2. The van der Waals surface area contributed by atoms with E-state index in [4.69, 9.17) is 17.3 Å². The lowest BCUT2D eigenvalue weighted by Crippen LogP contribution is -2.24. The second-order valence-electron chi connectivity index (χ2n) is 2.99. The van der Waals surface area contributed by atoms with Crippen LogP contribution in [0.2, 0.25) is 5.02 Å². The maximum atomic E-state index is 11.5. The Hall–Kier alpha value is -1.22. The zero-order chi connectivity index (χ0) is 10.6. The third-order valence-electron chi connectivity index (χ3n) is 1.80. The van der Waals surface area contributed by atoms with Crippen molar-refractivity contribution >= 4 is 23.2 Å². The fourth-order valence-electron chi connectivity index (χ4n) is 1.06. The van der Waals surface area contributed by atoms with Crippen molar-refractivity contribution < 1.29 is 4.79 Å². The van der Waals surface area contributed by atoms with E-state index in [2.05, 4.69) is 5.32 Å². The van der Waals surface area contributed by atoms with Crippen LogP contribution in [-0.2, 0) is 0 Å². The Morgan fingerprint density at radius 3 is 2.93 bits per heavy atom. The summed E-state index contributed by atoms with van der Waals surface area (Å²) < 4.78 is 0. The Kier molecular flexibility index (Phi) is 3.77. The summed E-state index contributed by atoms with van der Waals surface area (Å²) in [6, 6.07) is 4.86. The highest BCUT2D eigenvalue weighted by Gasteiger charge is 2.08. The Bertz CT molecular complexity index is 339. The third kappa shape index (κ3) is 2.64. The summed E-state index contributed by atoms with van der Waals surface area (Å²) in [6.07, 6.45) is 0.895. The normalized spacial score (nSPS) is 9.86. The lowest BCUT2D eigenvalue weighted by molar-refractivity contribution is 0.0954. The SMILES string of the molecule is CCCNC(=O)c1cc(Cl)ccc1N. The largest absolute Gasteiger partial charge is 0.398 e. The van der Waals surface area contributed by atoms with Crippen LogP contribution < -0.4 is 11.1 Å². The van der Waals surface area contributed by atoms with E-state index in [1.165, 1.54) is 0 Å². The van der Waals surface area contributed by atoms with Crippen LogP contribution in [0.1, 0.15) is 23.7 Å². The van der Waals surface area contributed by atoms with Gasteiger partial charge in [-0.1, -0.05) is 18.5 Å². The molecular weight excluding hydrogens is 200 g/mol. The van der Waals surface area contributed by atoms with Gasteiger partial charge < -0.3 is 11.1 Å². The number of carbonyl (C=O) groups excluding carboxylic acids is 1. The molecule has 1 aromatic rings. The molecule has 0 aliphatic rings. The number of rotatable bonds is 3. The standard InChI is InChI=1S/C10H13ClN2O/c1-2-5-13-10(14)8-6-7(11)3-4-9(8)12/h3-4,6H,2,5,12H2,1H3,(H,13,14). The first-order chi connectivity index (χ1) is 6.65. The van der Waals surface area contributed by atoms with Gasteiger partial charge in [0.25, 0.3) is 5.91 Å². The second-order valence-corrected chi connectivity index (χ2v) is 3.42. The molecule has 14 heavy (non-hydrogen) atoms. The zero-order valence-electron chi connectivity index (χ0n) is 8.01. The van der Waals surface area contributed by atoms with Gasteiger partial charge in [-0.05, 0) is 24.6 Å². The zero-order valence-corrected chi connectivity index (χ0v) is 8.77. The van der Waals surface area contributed by atoms with E-state index in [0.29, 0.717) is 22.8 Å². The maximum absolute atomic E-state index is 11.5. The van der Waals surface area contributed by atoms with E-state index < -0.39 is 0 Å². The first-order valence-electron chi connectivity index (χ1n) is 4.48. The molecule has 0 aromatic heterocycles. The van der Waals surface area contributed by atoms with E-state index in [9.17, 15) is 4.79 Å². The molecule has 3 N–H and O–H groups in total. The molecule has 1 aromatic carbocycles. The summed E-state index contributed by atoms with van der Waals surface area (Å²) in [7, 11) is 0. The van der Waals surface area contributed by atoms with Crippen molar-refractivity contribution in [1.82, 2.24) is 5.32 Å². The van der Waals surface area contributed by atoms with E-state index in [1.807, 2.05) is 6.92 Å². The van der Waals surface area contributed by atoms with Gasteiger partial charge in [-0.15, -0.1) is 0 Å². The Balaban J connectivity index is 2.83. The van der Waals surface area contributed by atoms with Crippen molar-refractivity contribution in [2.75, 3.05) is 12.3 Å². The smallest absolute Gasteiger partial charge is 0.253 e. The molecule has 1 rings (SSSR count). The van der Waals surface area contributed by atoms with Crippen LogP contribution in [-0.4, -0.2) is 12.5 Å². The number of carbonyl (C=O) groups is 1. The summed E-state index contributed by atoms with van der Waals surface area (Å²) in [6.45, 7) is 2.63. The van der Waals surface area contributed by atoms with Crippen LogP contribution in [0.5, 0.6) is 0 Å². The summed E-state index contributed by atoms with van der Waals surface area (Å²) in [5.41, 5.74) is 6.53. The molecular formula is C10H13ClN2O. The minimum Gasteiger partial charge on any atom is -0.398 e. The second kappa shape index (κ2) is 4.86. The topological polar surface area (TPSA) is 55.1 Å². The lowest BCUT2D eigenvalue weighted by Gasteiger charge is -2.06. The molecule has 0 bridgehead atoms. The minimum atomic E-state index is -0.174. The number of nitrogens with two attached hydrogens (primary N) is 1. The third-order valence-corrected chi connectivity index (χ3v) is 2.03. The van der Waals surface area contributed by atoms with Crippen molar-refractivity contribution in [3.05, 3.63) is 28.8 Å². The van der Waals surface area contributed by atoms with Crippen LogP contribution in [0.15, 0.2) is 18.2 Å².